The smallest absolute Gasteiger partial charge is 0.213 e. The molecule has 0 amide bonds. The van der Waals surface area contributed by atoms with Gasteiger partial charge >= 0.3 is 0 Å². The molecule has 0 saturated carbocycles. The van der Waals surface area contributed by atoms with Crippen molar-refractivity contribution in [3.8, 4) is 17.4 Å². The van der Waals surface area contributed by atoms with Crippen LogP contribution < -0.4 is 4.74 Å². The lowest BCUT2D eigenvalue weighted by Crippen LogP contribution is -1.97. The molecule has 2 heterocycles. The Morgan fingerprint density at radius 3 is 2.35 bits per heavy atom. The molecule has 88 valence electrons. The summed E-state index contributed by atoms with van der Waals surface area (Å²) in [6.45, 7) is 0. The first-order chi connectivity index (χ1) is 8.11. The van der Waals surface area contributed by atoms with Crippen LogP contribution in [0.1, 0.15) is 0 Å². The van der Waals surface area contributed by atoms with Crippen LogP contribution in [0.3, 0.4) is 0 Å². The second-order valence-electron chi connectivity index (χ2n) is 3.01. The Hall–Kier alpha value is -1.46. The van der Waals surface area contributed by atoms with Crippen molar-refractivity contribution in [3.05, 3.63) is 34.3 Å². The van der Waals surface area contributed by atoms with Crippen molar-refractivity contribution in [3.63, 3.8) is 0 Å². The summed E-state index contributed by atoms with van der Waals surface area (Å²) in [6.07, 6.45) is 0. The van der Waals surface area contributed by atoms with Gasteiger partial charge in [-0.1, -0.05) is 29.3 Å². The Balaban J connectivity index is 2.52. The first kappa shape index (κ1) is 12.0. The maximum Gasteiger partial charge on any atom is 0.213 e. The Bertz CT molecular complexity index is 542. The zero-order valence-electron chi connectivity index (χ0n) is 8.62. The van der Waals surface area contributed by atoms with Gasteiger partial charge in [-0.05, 0) is 6.07 Å². The summed E-state index contributed by atoms with van der Waals surface area (Å²) in [7, 11) is 1.48. The molecule has 7 heteroatoms. The Morgan fingerprint density at radius 1 is 1.12 bits per heavy atom. The Labute approximate surface area is 106 Å². The molecule has 0 radical (unpaired) electrons. The summed E-state index contributed by atoms with van der Waals surface area (Å²) in [6, 6.07) is 5.01. The van der Waals surface area contributed by atoms with E-state index in [0.29, 0.717) is 11.6 Å². The lowest BCUT2D eigenvalue weighted by molar-refractivity contribution is 0.398. The van der Waals surface area contributed by atoms with Crippen LogP contribution in [0.15, 0.2) is 18.2 Å². The summed E-state index contributed by atoms with van der Waals surface area (Å²) in [4.78, 5) is 11.6. The number of hydrogen-bond donors (Lipinski definition) is 0. The molecule has 4 nitrogen and oxygen atoms in total. The summed E-state index contributed by atoms with van der Waals surface area (Å²) in [5.74, 6) is -0.317. The SMILES string of the molecule is COc1cccc(-c2nc(Cl)c(F)c(Cl)n2)n1. The molecule has 0 saturated heterocycles. The van der Waals surface area contributed by atoms with Crippen LogP contribution in [0, 0.1) is 5.82 Å². The molecule has 0 fully saturated rings. The van der Waals surface area contributed by atoms with Gasteiger partial charge < -0.3 is 4.74 Å². The fraction of sp³-hybridized carbons (Fsp3) is 0.100. The van der Waals surface area contributed by atoms with Gasteiger partial charge in [0, 0.05) is 6.07 Å². The van der Waals surface area contributed by atoms with Crippen molar-refractivity contribution in [1.82, 2.24) is 15.0 Å². The largest absolute Gasteiger partial charge is 0.481 e. The number of halogens is 3. The van der Waals surface area contributed by atoms with Gasteiger partial charge in [-0.3, -0.25) is 0 Å². The molecule has 0 atom stereocenters. The molecule has 0 aliphatic rings. The Kier molecular flexibility index (Phi) is 3.40. The highest BCUT2D eigenvalue weighted by molar-refractivity contribution is 6.33. The van der Waals surface area contributed by atoms with Crippen molar-refractivity contribution in [2.75, 3.05) is 7.11 Å². The van der Waals surface area contributed by atoms with Gasteiger partial charge in [0.15, 0.2) is 21.9 Å². The minimum atomic E-state index is -0.847. The molecule has 0 aliphatic carbocycles. The second-order valence-corrected chi connectivity index (χ2v) is 3.72. The Morgan fingerprint density at radius 2 is 1.76 bits per heavy atom. The summed E-state index contributed by atoms with van der Waals surface area (Å²) in [5, 5.41) is -0.686. The van der Waals surface area contributed by atoms with E-state index in [-0.39, 0.29) is 16.1 Å². The highest BCUT2D eigenvalue weighted by atomic mass is 35.5. The van der Waals surface area contributed by atoms with Crippen LogP contribution in [0.5, 0.6) is 5.88 Å². The summed E-state index contributed by atoms with van der Waals surface area (Å²) < 4.78 is 18.1. The van der Waals surface area contributed by atoms with Crippen molar-refractivity contribution in [2.45, 2.75) is 0 Å². The molecule has 0 aliphatic heterocycles. The molecule has 0 spiro atoms. The molecule has 2 aromatic rings. The standard InChI is InChI=1S/C10H6Cl2FN3O/c1-17-6-4-2-3-5(14-6)10-15-8(11)7(13)9(12)16-10/h2-4H,1H3. The number of aromatic nitrogens is 3. The molecule has 2 rings (SSSR count). The van der Waals surface area contributed by atoms with E-state index in [9.17, 15) is 4.39 Å². The topological polar surface area (TPSA) is 47.9 Å². The molecule has 0 unspecified atom stereocenters. The molecular formula is C10H6Cl2FN3O. The van der Waals surface area contributed by atoms with Gasteiger partial charge in [0.25, 0.3) is 0 Å². The van der Waals surface area contributed by atoms with E-state index < -0.39 is 5.82 Å². The second kappa shape index (κ2) is 4.81. The van der Waals surface area contributed by atoms with E-state index >= 15 is 0 Å². The molecule has 0 bridgehead atoms. The molecular weight excluding hydrogens is 268 g/mol. The van der Waals surface area contributed by atoms with E-state index in [1.807, 2.05) is 0 Å². The summed E-state index contributed by atoms with van der Waals surface area (Å²) in [5.41, 5.74) is 0.396. The van der Waals surface area contributed by atoms with Crippen LogP contribution in [-0.4, -0.2) is 22.1 Å². The first-order valence-electron chi connectivity index (χ1n) is 4.51. The van der Waals surface area contributed by atoms with Crippen LogP contribution in [-0.2, 0) is 0 Å². The van der Waals surface area contributed by atoms with Crippen molar-refractivity contribution in [2.24, 2.45) is 0 Å². The van der Waals surface area contributed by atoms with E-state index in [1.165, 1.54) is 7.11 Å². The quantitative estimate of drug-likeness (QED) is 0.790. The number of rotatable bonds is 2. The minimum Gasteiger partial charge on any atom is -0.481 e. The van der Waals surface area contributed by atoms with Gasteiger partial charge in [0.1, 0.15) is 5.69 Å². The van der Waals surface area contributed by atoms with Gasteiger partial charge in [-0.15, -0.1) is 0 Å². The van der Waals surface area contributed by atoms with E-state index in [4.69, 9.17) is 27.9 Å². The van der Waals surface area contributed by atoms with Gasteiger partial charge in [-0.2, -0.15) is 0 Å². The third-order valence-electron chi connectivity index (χ3n) is 1.93. The van der Waals surface area contributed by atoms with Gasteiger partial charge in [0.05, 0.1) is 7.11 Å². The zero-order chi connectivity index (χ0) is 12.4. The van der Waals surface area contributed by atoms with E-state index in [0.717, 1.165) is 0 Å². The monoisotopic (exact) mass is 273 g/mol. The van der Waals surface area contributed by atoms with Gasteiger partial charge in [0.2, 0.25) is 5.88 Å². The maximum absolute atomic E-state index is 13.1. The van der Waals surface area contributed by atoms with Crippen LogP contribution >= 0.6 is 23.2 Å². The highest BCUT2D eigenvalue weighted by Crippen LogP contribution is 2.23. The normalized spacial score (nSPS) is 10.4. The van der Waals surface area contributed by atoms with E-state index in [2.05, 4.69) is 15.0 Å². The fourth-order valence-electron chi connectivity index (χ4n) is 1.16. The predicted octanol–water partition coefficient (Wildman–Crippen LogP) is 2.99. The number of ether oxygens (including phenoxy) is 1. The molecule has 0 aromatic carbocycles. The van der Waals surface area contributed by atoms with Crippen molar-refractivity contribution in [1.29, 1.82) is 0 Å². The van der Waals surface area contributed by atoms with E-state index in [1.54, 1.807) is 18.2 Å². The average molecular weight is 274 g/mol. The van der Waals surface area contributed by atoms with Gasteiger partial charge in [-0.25, -0.2) is 19.3 Å². The van der Waals surface area contributed by atoms with Crippen LogP contribution in [0.25, 0.3) is 11.5 Å². The number of hydrogen-bond acceptors (Lipinski definition) is 4. The predicted molar refractivity (Wildman–Crippen MR) is 61.8 cm³/mol. The number of nitrogens with zero attached hydrogens (tertiary/aromatic N) is 3. The number of pyridine rings is 1. The third kappa shape index (κ3) is 2.45. The molecule has 0 N–H and O–H groups in total. The third-order valence-corrected chi connectivity index (χ3v) is 2.43. The molecule has 2 aromatic heterocycles. The highest BCUT2D eigenvalue weighted by Gasteiger charge is 2.13. The lowest BCUT2D eigenvalue weighted by atomic mass is 10.3. The minimum absolute atomic E-state index is 0.139. The van der Waals surface area contributed by atoms with Crippen molar-refractivity contribution >= 4 is 23.2 Å². The lowest BCUT2D eigenvalue weighted by Gasteiger charge is -2.03. The average Bonchev–Trinajstić information content (AvgIpc) is 2.35. The zero-order valence-corrected chi connectivity index (χ0v) is 10.1. The first-order valence-corrected chi connectivity index (χ1v) is 5.27. The van der Waals surface area contributed by atoms with Crippen molar-refractivity contribution < 1.29 is 9.13 Å². The van der Waals surface area contributed by atoms with Crippen LogP contribution in [0.2, 0.25) is 10.3 Å². The maximum atomic E-state index is 13.1. The fourth-order valence-corrected chi connectivity index (χ4v) is 1.55. The molecule has 17 heavy (non-hydrogen) atoms. The van der Waals surface area contributed by atoms with Crippen LogP contribution in [0.4, 0.5) is 4.39 Å². The number of methoxy groups -OCH3 is 1. The summed E-state index contributed by atoms with van der Waals surface area (Å²) >= 11 is 11.1.